The minimum Gasteiger partial charge on any atom is -0.479 e. The molecule has 0 unspecified atom stereocenters. The van der Waals surface area contributed by atoms with Crippen LogP contribution in [0.5, 0.6) is 5.75 Å². The topological polar surface area (TPSA) is 135 Å². The number of furan rings is 1. The Balaban J connectivity index is 1.79. The number of imide groups is 1. The molecule has 3 amide bonds. The van der Waals surface area contributed by atoms with Crippen LogP contribution < -0.4 is 10.1 Å². The van der Waals surface area contributed by atoms with E-state index in [9.17, 15) is 19.2 Å². The van der Waals surface area contributed by atoms with Crippen LogP contribution in [0.1, 0.15) is 28.8 Å². The highest BCUT2D eigenvalue weighted by atomic mass is 35.5. The molecular weight excluding hydrogens is 467 g/mol. The van der Waals surface area contributed by atoms with Crippen molar-refractivity contribution in [2.75, 3.05) is 7.11 Å². The summed E-state index contributed by atoms with van der Waals surface area (Å²) in [6.07, 6.45) is 0.171. The molecule has 1 aliphatic heterocycles. The predicted molar refractivity (Wildman–Crippen MR) is 111 cm³/mol. The number of esters is 1. The number of nitrogens with one attached hydrogen (secondary N) is 1. The number of carboxylic acids is 1. The van der Waals surface area contributed by atoms with Gasteiger partial charge in [-0.1, -0.05) is 23.2 Å². The first kappa shape index (κ1) is 23.2. The van der Waals surface area contributed by atoms with Gasteiger partial charge in [0, 0.05) is 0 Å². The maximum Gasteiger partial charge on any atom is 0.373 e. The van der Waals surface area contributed by atoms with Crippen molar-refractivity contribution in [3.05, 3.63) is 57.1 Å². The maximum absolute atomic E-state index is 12.7. The summed E-state index contributed by atoms with van der Waals surface area (Å²) in [4.78, 5) is 48.2. The Labute approximate surface area is 191 Å². The number of carboxylic acid groups (broad SMARTS) is 1. The summed E-state index contributed by atoms with van der Waals surface area (Å²) in [5.41, 5.74) is 0.321. The van der Waals surface area contributed by atoms with Gasteiger partial charge in [0.2, 0.25) is 5.76 Å². The van der Waals surface area contributed by atoms with E-state index in [1.807, 2.05) is 0 Å². The molecule has 1 aromatic heterocycles. The van der Waals surface area contributed by atoms with Gasteiger partial charge in [-0.15, -0.1) is 0 Å². The number of ether oxygens (including phenoxy) is 2. The third-order valence-electron chi connectivity index (χ3n) is 4.30. The van der Waals surface area contributed by atoms with Crippen LogP contribution in [0.15, 0.2) is 34.4 Å². The summed E-state index contributed by atoms with van der Waals surface area (Å²) >= 11 is 12.3. The molecule has 0 bridgehead atoms. The lowest BCUT2D eigenvalue weighted by Gasteiger charge is -2.14. The summed E-state index contributed by atoms with van der Waals surface area (Å²) in [5, 5.41) is 11.4. The molecule has 3 rings (SSSR count). The molecule has 2 aromatic rings. The average molecular weight is 483 g/mol. The monoisotopic (exact) mass is 482 g/mol. The molecule has 168 valence electrons. The van der Waals surface area contributed by atoms with Gasteiger partial charge in [0.1, 0.15) is 11.5 Å². The van der Waals surface area contributed by atoms with E-state index >= 15 is 0 Å². The number of carbonyl (C=O) groups is 4. The predicted octanol–water partition coefficient (Wildman–Crippen LogP) is 3.32. The minimum absolute atomic E-state index is 0.0203. The minimum atomic E-state index is -1.20. The fourth-order valence-electron chi connectivity index (χ4n) is 2.71. The number of urea groups is 1. The van der Waals surface area contributed by atoms with Crippen LogP contribution in [0.25, 0.3) is 6.08 Å². The molecule has 1 saturated heterocycles. The number of amides is 3. The Hall–Kier alpha value is -3.50. The van der Waals surface area contributed by atoms with Crippen LogP contribution in [-0.2, 0) is 20.9 Å². The van der Waals surface area contributed by atoms with Crippen molar-refractivity contribution < 1.29 is 38.2 Å². The zero-order valence-electron chi connectivity index (χ0n) is 16.7. The van der Waals surface area contributed by atoms with E-state index in [4.69, 9.17) is 37.5 Å². The largest absolute Gasteiger partial charge is 0.479 e. The third kappa shape index (κ3) is 4.87. The molecule has 0 aliphatic carbocycles. The molecule has 0 saturated carbocycles. The average Bonchev–Trinajstić information content (AvgIpc) is 3.30. The van der Waals surface area contributed by atoms with Crippen molar-refractivity contribution in [1.82, 2.24) is 10.2 Å². The molecule has 1 fully saturated rings. The van der Waals surface area contributed by atoms with Gasteiger partial charge < -0.3 is 24.3 Å². The first-order valence-electron chi connectivity index (χ1n) is 9.00. The zero-order valence-corrected chi connectivity index (χ0v) is 18.2. The van der Waals surface area contributed by atoms with Crippen molar-refractivity contribution in [2.45, 2.75) is 19.6 Å². The van der Waals surface area contributed by atoms with Crippen molar-refractivity contribution in [3.63, 3.8) is 0 Å². The highest BCUT2D eigenvalue weighted by Gasteiger charge is 2.34. The van der Waals surface area contributed by atoms with Gasteiger partial charge in [-0.3, -0.25) is 9.69 Å². The van der Waals surface area contributed by atoms with Gasteiger partial charge in [-0.05, 0) is 42.8 Å². The van der Waals surface area contributed by atoms with E-state index in [1.54, 1.807) is 0 Å². The number of rotatable bonds is 7. The molecule has 1 aliphatic rings. The molecule has 1 aromatic carbocycles. The van der Waals surface area contributed by atoms with Crippen molar-refractivity contribution in [3.8, 4) is 5.75 Å². The van der Waals surface area contributed by atoms with Crippen molar-refractivity contribution in [2.24, 2.45) is 0 Å². The number of benzene rings is 1. The summed E-state index contributed by atoms with van der Waals surface area (Å²) in [7, 11) is 1.20. The van der Waals surface area contributed by atoms with Gasteiger partial charge in [-0.2, -0.15) is 0 Å². The lowest BCUT2D eigenvalue weighted by Crippen LogP contribution is -2.30. The number of methoxy groups -OCH3 is 1. The fourth-order valence-corrected chi connectivity index (χ4v) is 3.31. The highest BCUT2D eigenvalue weighted by molar-refractivity contribution is 6.37. The summed E-state index contributed by atoms with van der Waals surface area (Å²) < 4.78 is 15.1. The Morgan fingerprint density at radius 3 is 2.50 bits per heavy atom. The molecule has 0 spiro atoms. The first-order chi connectivity index (χ1) is 15.1. The van der Waals surface area contributed by atoms with E-state index in [-0.39, 0.29) is 39.6 Å². The maximum atomic E-state index is 12.7. The lowest BCUT2D eigenvalue weighted by molar-refractivity contribution is -0.144. The molecule has 0 radical (unpaired) electrons. The van der Waals surface area contributed by atoms with Crippen LogP contribution in [0.4, 0.5) is 4.79 Å². The molecule has 12 heteroatoms. The number of aliphatic carboxylic acids is 1. The Morgan fingerprint density at radius 1 is 1.25 bits per heavy atom. The zero-order chi connectivity index (χ0) is 23.6. The van der Waals surface area contributed by atoms with Crippen molar-refractivity contribution in [1.29, 1.82) is 0 Å². The van der Waals surface area contributed by atoms with Crippen LogP contribution in [0.3, 0.4) is 0 Å². The quantitative estimate of drug-likeness (QED) is 0.348. The molecule has 10 nitrogen and oxygen atoms in total. The van der Waals surface area contributed by atoms with Crippen LogP contribution >= 0.6 is 23.2 Å². The molecular formula is C20H16Cl2N2O8. The number of hydrogen-bond acceptors (Lipinski definition) is 7. The molecule has 1 atom stereocenters. The summed E-state index contributed by atoms with van der Waals surface area (Å²) in [6, 6.07) is 4.94. The lowest BCUT2D eigenvalue weighted by atomic mass is 10.1. The van der Waals surface area contributed by atoms with E-state index in [0.29, 0.717) is 5.56 Å². The van der Waals surface area contributed by atoms with Crippen LogP contribution in [-0.4, -0.2) is 47.1 Å². The SMILES string of the molecule is COC(=O)c1ccc(CN2C(=O)N/C(=C\c3cc(Cl)c(O[C@@H](C)C(=O)O)c(Cl)c3)C2=O)o1. The molecule has 2 heterocycles. The molecule has 2 N–H and O–H groups in total. The van der Waals surface area contributed by atoms with E-state index in [2.05, 4.69) is 10.1 Å². The Bertz CT molecular complexity index is 1120. The molecule has 32 heavy (non-hydrogen) atoms. The van der Waals surface area contributed by atoms with Gasteiger partial charge in [-0.25, -0.2) is 14.4 Å². The second-order valence-electron chi connectivity index (χ2n) is 6.55. The summed E-state index contributed by atoms with van der Waals surface area (Å²) in [6.45, 7) is 1.11. The normalized spacial score (nSPS) is 15.6. The van der Waals surface area contributed by atoms with Gasteiger partial charge in [0.15, 0.2) is 11.9 Å². The van der Waals surface area contributed by atoms with Gasteiger partial charge >= 0.3 is 18.0 Å². The number of nitrogens with zero attached hydrogens (tertiary/aromatic N) is 1. The summed E-state index contributed by atoms with van der Waals surface area (Å²) in [5.74, 6) is -2.40. The van der Waals surface area contributed by atoms with Gasteiger partial charge in [0.25, 0.3) is 5.91 Å². The third-order valence-corrected chi connectivity index (χ3v) is 4.86. The number of carbonyl (C=O) groups excluding carboxylic acids is 3. The first-order valence-corrected chi connectivity index (χ1v) is 9.76. The Morgan fingerprint density at radius 2 is 1.91 bits per heavy atom. The van der Waals surface area contributed by atoms with Gasteiger partial charge in [0.05, 0.1) is 23.7 Å². The smallest absolute Gasteiger partial charge is 0.373 e. The van der Waals surface area contributed by atoms with Crippen LogP contribution in [0.2, 0.25) is 10.0 Å². The number of hydrogen-bond donors (Lipinski definition) is 2. The second-order valence-corrected chi connectivity index (χ2v) is 7.36. The fraction of sp³-hybridized carbons (Fsp3) is 0.200. The van der Waals surface area contributed by atoms with Crippen LogP contribution in [0, 0.1) is 0 Å². The van der Waals surface area contributed by atoms with E-state index in [1.165, 1.54) is 44.4 Å². The van der Waals surface area contributed by atoms with E-state index < -0.39 is 30.0 Å². The Kier molecular flexibility index (Phi) is 6.75. The van der Waals surface area contributed by atoms with Crippen molar-refractivity contribution >= 4 is 53.2 Å². The number of halogens is 2. The standard InChI is InChI=1S/C20H16Cl2N2O8/c1-9(18(26)27)31-16-12(21)5-10(6-13(16)22)7-14-17(25)24(20(29)23-14)8-11-3-4-15(32-11)19(28)30-2/h3-7,9H,8H2,1-2H3,(H,23,29)(H,26,27)/b14-7-/t9-/m0/s1. The highest BCUT2D eigenvalue weighted by Crippen LogP contribution is 2.35. The van der Waals surface area contributed by atoms with E-state index in [0.717, 1.165) is 4.90 Å². The second kappa shape index (κ2) is 9.33.